The number of carbonyl (C=O) groups excluding carboxylic acids is 3. The van der Waals surface area contributed by atoms with Gasteiger partial charge in [0.15, 0.2) is 6.61 Å². The van der Waals surface area contributed by atoms with Gasteiger partial charge in [0.25, 0.3) is 5.91 Å². The maximum atomic E-state index is 12.3. The molecule has 1 aromatic carbocycles. The zero-order chi connectivity index (χ0) is 19.5. The van der Waals surface area contributed by atoms with Crippen LogP contribution in [-0.2, 0) is 19.1 Å². The predicted octanol–water partition coefficient (Wildman–Crippen LogP) is 2.94. The minimum Gasteiger partial charge on any atom is -0.451 e. The lowest BCUT2D eigenvalue weighted by molar-refractivity contribution is -0.145. The van der Waals surface area contributed by atoms with Crippen LogP contribution < -0.4 is 10.6 Å². The van der Waals surface area contributed by atoms with E-state index in [4.69, 9.17) is 4.74 Å². The molecule has 1 fully saturated rings. The summed E-state index contributed by atoms with van der Waals surface area (Å²) >= 11 is 0. The van der Waals surface area contributed by atoms with Crippen molar-refractivity contribution in [3.8, 4) is 0 Å². The zero-order valence-corrected chi connectivity index (χ0v) is 15.8. The van der Waals surface area contributed by atoms with Crippen molar-refractivity contribution in [2.75, 3.05) is 6.61 Å². The molecule has 0 saturated heterocycles. The Kier molecular flexibility index (Phi) is 8.55. The van der Waals surface area contributed by atoms with Crippen LogP contribution in [0.4, 0.5) is 0 Å². The molecule has 2 rings (SSSR count). The lowest BCUT2D eigenvalue weighted by Gasteiger charge is -2.21. The summed E-state index contributed by atoms with van der Waals surface area (Å²) in [5.41, 5.74) is 0.754. The number of rotatable bonds is 6. The van der Waals surface area contributed by atoms with Gasteiger partial charge in [-0.25, -0.2) is 4.79 Å². The Morgan fingerprint density at radius 1 is 1.04 bits per heavy atom. The van der Waals surface area contributed by atoms with E-state index in [2.05, 4.69) is 10.6 Å². The van der Waals surface area contributed by atoms with Crippen LogP contribution in [-0.4, -0.2) is 30.4 Å². The van der Waals surface area contributed by atoms with E-state index in [0.29, 0.717) is 0 Å². The van der Waals surface area contributed by atoms with E-state index >= 15 is 0 Å². The molecular formula is C21H28N2O4. The fraction of sp³-hybridized carbons (Fsp3) is 0.476. The van der Waals surface area contributed by atoms with Gasteiger partial charge in [0.05, 0.1) is 0 Å². The van der Waals surface area contributed by atoms with E-state index < -0.39 is 5.97 Å². The Morgan fingerprint density at radius 3 is 2.30 bits per heavy atom. The smallest absolute Gasteiger partial charge is 0.355 e. The van der Waals surface area contributed by atoms with Gasteiger partial charge in [-0.2, -0.15) is 0 Å². The molecule has 1 aliphatic carbocycles. The molecule has 1 aromatic rings. The van der Waals surface area contributed by atoms with Crippen LogP contribution in [0.25, 0.3) is 6.08 Å². The first kappa shape index (κ1) is 20.7. The summed E-state index contributed by atoms with van der Waals surface area (Å²) in [6.07, 6.45) is 9.33. The maximum absolute atomic E-state index is 12.3. The van der Waals surface area contributed by atoms with Crippen LogP contribution in [0.1, 0.15) is 57.4 Å². The Morgan fingerprint density at radius 2 is 1.67 bits per heavy atom. The molecule has 0 heterocycles. The highest BCUT2D eigenvalue weighted by Gasteiger charge is 2.17. The van der Waals surface area contributed by atoms with Gasteiger partial charge >= 0.3 is 5.97 Å². The number of hydrogen-bond donors (Lipinski definition) is 2. The first-order valence-electron chi connectivity index (χ1n) is 9.55. The molecule has 6 heteroatoms. The predicted molar refractivity (Wildman–Crippen MR) is 103 cm³/mol. The Balaban J connectivity index is 1.89. The first-order chi connectivity index (χ1) is 13.0. The summed E-state index contributed by atoms with van der Waals surface area (Å²) in [4.78, 5) is 35.8. The van der Waals surface area contributed by atoms with E-state index in [9.17, 15) is 14.4 Å². The zero-order valence-electron chi connectivity index (χ0n) is 15.8. The number of amides is 2. The molecule has 27 heavy (non-hydrogen) atoms. The first-order valence-corrected chi connectivity index (χ1v) is 9.55. The van der Waals surface area contributed by atoms with Crippen LogP contribution in [0.2, 0.25) is 0 Å². The minimum absolute atomic E-state index is 0.00690. The van der Waals surface area contributed by atoms with E-state index in [-0.39, 0.29) is 30.2 Å². The average molecular weight is 372 g/mol. The molecule has 1 saturated carbocycles. The lowest BCUT2D eigenvalue weighted by atomic mass is 9.97. The molecule has 0 aromatic heterocycles. The Bertz CT molecular complexity index is 662. The van der Waals surface area contributed by atoms with Gasteiger partial charge in [-0.05, 0) is 24.5 Å². The SMILES string of the molecule is CC(=O)N/C(=C\c1ccccc1)C(=O)OCC(=O)NC1CCCCCCC1. The monoisotopic (exact) mass is 372 g/mol. The number of hydrogen-bond acceptors (Lipinski definition) is 4. The summed E-state index contributed by atoms with van der Waals surface area (Å²) in [5.74, 6) is -1.43. The molecule has 0 bridgehead atoms. The summed E-state index contributed by atoms with van der Waals surface area (Å²) in [7, 11) is 0. The van der Waals surface area contributed by atoms with Crippen LogP contribution >= 0.6 is 0 Å². The molecule has 0 unspecified atom stereocenters. The quantitative estimate of drug-likeness (QED) is 0.594. The summed E-state index contributed by atoms with van der Waals surface area (Å²) in [5, 5.41) is 5.41. The normalized spacial score (nSPS) is 16.0. The second kappa shape index (κ2) is 11.2. The Hall–Kier alpha value is -2.63. The third-order valence-electron chi connectivity index (χ3n) is 4.45. The second-order valence-corrected chi connectivity index (χ2v) is 6.84. The van der Waals surface area contributed by atoms with E-state index in [0.717, 1.165) is 31.2 Å². The van der Waals surface area contributed by atoms with Crippen molar-refractivity contribution in [1.82, 2.24) is 10.6 Å². The van der Waals surface area contributed by atoms with Crippen molar-refractivity contribution in [2.24, 2.45) is 0 Å². The molecule has 1 aliphatic rings. The third kappa shape index (κ3) is 8.07. The largest absolute Gasteiger partial charge is 0.451 e. The Labute approximate surface area is 160 Å². The number of esters is 1. The number of ether oxygens (including phenoxy) is 1. The highest BCUT2D eigenvalue weighted by Crippen LogP contribution is 2.17. The van der Waals surface area contributed by atoms with Crippen LogP contribution in [0, 0.1) is 0 Å². The van der Waals surface area contributed by atoms with Crippen molar-refractivity contribution in [3.63, 3.8) is 0 Å². The minimum atomic E-state index is -0.734. The second-order valence-electron chi connectivity index (χ2n) is 6.84. The fourth-order valence-corrected chi connectivity index (χ4v) is 3.13. The van der Waals surface area contributed by atoms with Crippen molar-refractivity contribution < 1.29 is 19.1 Å². The molecule has 0 radical (unpaired) electrons. The molecule has 6 nitrogen and oxygen atoms in total. The number of nitrogens with one attached hydrogen (secondary N) is 2. The molecule has 0 spiro atoms. The van der Waals surface area contributed by atoms with Crippen molar-refractivity contribution in [1.29, 1.82) is 0 Å². The van der Waals surface area contributed by atoms with Crippen LogP contribution in [0.15, 0.2) is 36.0 Å². The highest BCUT2D eigenvalue weighted by atomic mass is 16.5. The average Bonchev–Trinajstić information content (AvgIpc) is 2.62. The molecule has 0 atom stereocenters. The van der Waals surface area contributed by atoms with Gasteiger partial charge in [0, 0.05) is 13.0 Å². The molecular weight excluding hydrogens is 344 g/mol. The van der Waals surface area contributed by atoms with Crippen LogP contribution in [0.3, 0.4) is 0 Å². The third-order valence-corrected chi connectivity index (χ3v) is 4.45. The van der Waals surface area contributed by atoms with Gasteiger partial charge in [-0.15, -0.1) is 0 Å². The summed E-state index contributed by atoms with van der Waals surface area (Å²) in [6.45, 7) is 0.953. The number of benzene rings is 1. The van der Waals surface area contributed by atoms with Crippen LogP contribution in [0.5, 0.6) is 0 Å². The standard InChI is InChI=1S/C21H28N2O4/c1-16(24)22-19(14-17-10-6-5-7-11-17)21(26)27-15-20(25)23-18-12-8-3-2-4-9-13-18/h5-7,10-11,14,18H,2-4,8-9,12-13,15H2,1H3,(H,22,24)(H,23,25)/b19-14-. The maximum Gasteiger partial charge on any atom is 0.355 e. The van der Waals surface area contributed by atoms with E-state index in [1.54, 1.807) is 12.1 Å². The summed E-state index contributed by atoms with van der Waals surface area (Å²) < 4.78 is 5.10. The van der Waals surface area contributed by atoms with Gasteiger partial charge in [-0.3, -0.25) is 9.59 Å². The highest BCUT2D eigenvalue weighted by molar-refractivity contribution is 5.98. The van der Waals surface area contributed by atoms with Gasteiger partial charge in [0.2, 0.25) is 5.91 Å². The topological polar surface area (TPSA) is 84.5 Å². The molecule has 2 N–H and O–H groups in total. The van der Waals surface area contributed by atoms with Gasteiger partial charge < -0.3 is 15.4 Å². The van der Waals surface area contributed by atoms with E-state index in [1.807, 2.05) is 18.2 Å². The van der Waals surface area contributed by atoms with Gasteiger partial charge in [0.1, 0.15) is 5.70 Å². The van der Waals surface area contributed by atoms with Crippen molar-refractivity contribution >= 4 is 23.9 Å². The van der Waals surface area contributed by atoms with Crippen molar-refractivity contribution in [3.05, 3.63) is 41.6 Å². The molecule has 0 aliphatic heterocycles. The van der Waals surface area contributed by atoms with E-state index in [1.165, 1.54) is 32.3 Å². The fourth-order valence-electron chi connectivity index (χ4n) is 3.13. The van der Waals surface area contributed by atoms with Crippen molar-refractivity contribution in [2.45, 2.75) is 57.9 Å². The number of carbonyl (C=O) groups is 3. The molecule has 146 valence electrons. The van der Waals surface area contributed by atoms with Gasteiger partial charge in [-0.1, -0.05) is 62.4 Å². The molecule has 2 amide bonds. The lowest BCUT2D eigenvalue weighted by Crippen LogP contribution is -2.38. The summed E-state index contributed by atoms with van der Waals surface area (Å²) in [6, 6.07) is 9.25.